The lowest BCUT2D eigenvalue weighted by Gasteiger charge is -2.11. The molecule has 18 heavy (non-hydrogen) atoms. The molecule has 3 nitrogen and oxygen atoms in total. The number of aromatic nitrogens is 2. The third-order valence-electron chi connectivity index (χ3n) is 2.89. The molecule has 0 radical (unpaired) electrons. The van der Waals surface area contributed by atoms with Crippen molar-refractivity contribution in [3.63, 3.8) is 0 Å². The third-order valence-corrected chi connectivity index (χ3v) is 2.89. The van der Waals surface area contributed by atoms with E-state index in [1.807, 2.05) is 17.8 Å². The van der Waals surface area contributed by atoms with Crippen LogP contribution in [0.15, 0.2) is 30.6 Å². The second kappa shape index (κ2) is 5.27. The van der Waals surface area contributed by atoms with Gasteiger partial charge in [0, 0.05) is 25.9 Å². The lowest BCUT2D eigenvalue weighted by atomic mass is 10.0. The van der Waals surface area contributed by atoms with Crippen LogP contribution < -0.4 is 0 Å². The summed E-state index contributed by atoms with van der Waals surface area (Å²) >= 11 is 0. The van der Waals surface area contributed by atoms with Gasteiger partial charge in [-0.3, -0.25) is 0 Å². The van der Waals surface area contributed by atoms with Gasteiger partial charge in [-0.25, -0.2) is 13.8 Å². The first-order valence-corrected chi connectivity index (χ1v) is 5.67. The Labute approximate surface area is 104 Å². The molecule has 0 fully saturated rings. The number of aliphatic hydroxyl groups excluding tert-OH is 1. The van der Waals surface area contributed by atoms with E-state index in [1.54, 1.807) is 6.20 Å². The maximum atomic E-state index is 13.0. The quantitative estimate of drug-likeness (QED) is 0.907. The van der Waals surface area contributed by atoms with Crippen LogP contribution in [-0.2, 0) is 13.5 Å². The summed E-state index contributed by atoms with van der Waals surface area (Å²) in [4.78, 5) is 4.13. The molecule has 0 bridgehead atoms. The van der Waals surface area contributed by atoms with E-state index in [4.69, 9.17) is 0 Å². The van der Waals surface area contributed by atoms with Gasteiger partial charge in [0.05, 0.1) is 6.10 Å². The number of nitrogens with zero attached hydrogens (tertiary/aromatic N) is 2. The van der Waals surface area contributed by atoms with Gasteiger partial charge in [0.15, 0.2) is 11.6 Å². The van der Waals surface area contributed by atoms with Crippen molar-refractivity contribution in [3.8, 4) is 0 Å². The SMILES string of the molecule is Cn1ccnc1CCC(O)c1ccc(F)c(F)c1. The first kappa shape index (κ1) is 12.7. The minimum atomic E-state index is -0.941. The number of hydrogen-bond donors (Lipinski definition) is 1. The topological polar surface area (TPSA) is 38.0 Å². The highest BCUT2D eigenvalue weighted by Crippen LogP contribution is 2.20. The summed E-state index contributed by atoms with van der Waals surface area (Å²) in [5.74, 6) is -1.00. The molecule has 0 amide bonds. The smallest absolute Gasteiger partial charge is 0.159 e. The summed E-state index contributed by atoms with van der Waals surface area (Å²) in [7, 11) is 1.87. The molecule has 0 saturated carbocycles. The zero-order valence-electron chi connectivity index (χ0n) is 9.98. The molecule has 0 aliphatic heterocycles. The molecule has 2 rings (SSSR count). The fraction of sp³-hybridized carbons (Fsp3) is 0.308. The molecular weight excluding hydrogens is 238 g/mol. The van der Waals surface area contributed by atoms with Crippen molar-refractivity contribution < 1.29 is 13.9 Å². The van der Waals surface area contributed by atoms with Crippen LogP contribution in [0.5, 0.6) is 0 Å². The average molecular weight is 252 g/mol. The van der Waals surface area contributed by atoms with Gasteiger partial charge in [-0.05, 0) is 24.1 Å². The van der Waals surface area contributed by atoms with E-state index >= 15 is 0 Å². The monoisotopic (exact) mass is 252 g/mol. The van der Waals surface area contributed by atoms with Crippen LogP contribution >= 0.6 is 0 Å². The molecule has 0 aliphatic rings. The summed E-state index contributed by atoms with van der Waals surface area (Å²) in [5.41, 5.74) is 0.378. The number of halogens is 2. The van der Waals surface area contributed by atoms with Crippen LogP contribution in [-0.4, -0.2) is 14.7 Å². The fourth-order valence-corrected chi connectivity index (χ4v) is 1.79. The molecule has 0 spiro atoms. The normalized spacial score (nSPS) is 12.7. The van der Waals surface area contributed by atoms with Gasteiger partial charge in [0.2, 0.25) is 0 Å². The highest BCUT2D eigenvalue weighted by molar-refractivity contribution is 5.20. The van der Waals surface area contributed by atoms with Gasteiger partial charge in [-0.2, -0.15) is 0 Å². The first-order valence-electron chi connectivity index (χ1n) is 5.67. The van der Waals surface area contributed by atoms with Gasteiger partial charge < -0.3 is 9.67 Å². The van der Waals surface area contributed by atoms with E-state index in [2.05, 4.69) is 4.98 Å². The molecule has 1 unspecified atom stereocenters. The standard InChI is InChI=1S/C13H14F2N2O/c1-17-7-6-16-13(17)5-4-12(18)9-2-3-10(14)11(15)8-9/h2-3,6-8,12,18H,4-5H2,1H3. The van der Waals surface area contributed by atoms with Gasteiger partial charge in [-0.1, -0.05) is 6.07 Å². The van der Waals surface area contributed by atoms with Crippen molar-refractivity contribution in [3.05, 3.63) is 53.6 Å². The van der Waals surface area contributed by atoms with E-state index in [9.17, 15) is 13.9 Å². The van der Waals surface area contributed by atoms with Gasteiger partial charge >= 0.3 is 0 Å². The van der Waals surface area contributed by atoms with E-state index in [0.29, 0.717) is 18.4 Å². The lowest BCUT2D eigenvalue weighted by Crippen LogP contribution is -2.04. The summed E-state index contributed by atoms with van der Waals surface area (Å²) in [6.07, 6.45) is 3.66. The lowest BCUT2D eigenvalue weighted by molar-refractivity contribution is 0.166. The minimum Gasteiger partial charge on any atom is -0.388 e. The van der Waals surface area contributed by atoms with Crippen molar-refractivity contribution in [1.82, 2.24) is 9.55 Å². The van der Waals surface area contributed by atoms with Crippen LogP contribution in [0, 0.1) is 11.6 Å². The molecule has 5 heteroatoms. The van der Waals surface area contributed by atoms with Crippen molar-refractivity contribution >= 4 is 0 Å². The second-order valence-electron chi connectivity index (χ2n) is 4.18. The second-order valence-corrected chi connectivity index (χ2v) is 4.18. The molecule has 1 atom stereocenters. The van der Waals surface area contributed by atoms with Crippen molar-refractivity contribution in [2.24, 2.45) is 7.05 Å². The van der Waals surface area contributed by atoms with Crippen molar-refractivity contribution in [2.75, 3.05) is 0 Å². The van der Waals surface area contributed by atoms with E-state index in [0.717, 1.165) is 18.0 Å². The highest BCUT2D eigenvalue weighted by atomic mass is 19.2. The summed E-state index contributed by atoms with van der Waals surface area (Å²) < 4.78 is 27.6. The molecule has 1 aromatic carbocycles. The minimum absolute atomic E-state index is 0.378. The first-order chi connectivity index (χ1) is 8.58. The van der Waals surface area contributed by atoms with Gasteiger partial charge in [0.1, 0.15) is 5.82 Å². The molecule has 1 N–H and O–H groups in total. The van der Waals surface area contributed by atoms with Crippen molar-refractivity contribution in [1.29, 1.82) is 0 Å². The van der Waals surface area contributed by atoms with E-state index in [-0.39, 0.29) is 0 Å². The van der Waals surface area contributed by atoms with Crippen LogP contribution in [0.2, 0.25) is 0 Å². The van der Waals surface area contributed by atoms with Crippen LogP contribution in [0.25, 0.3) is 0 Å². The molecule has 1 aromatic heterocycles. The van der Waals surface area contributed by atoms with Crippen LogP contribution in [0.1, 0.15) is 23.9 Å². The molecule has 96 valence electrons. The average Bonchev–Trinajstić information content (AvgIpc) is 2.75. The molecule has 2 aromatic rings. The zero-order valence-corrected chi connectivity index (χ0v) is 9.98. The Morgan fingerprint density at radius 1 is 1.33 bits per heavy atom. The Morgan fingerprint density at radius 3 is 2.72 bits per heavy atom. The Bertz CT molecular complexity index is 540. The predicted molar refractivity (Wildman–Crippen MR) is 62.8 cm³/mol. The maximum Gasteiger partial charge on any atom is 0.159 e. The fourth-order valence-electron chi connectivity index (χ4n) is 1.79. The highest BCUT2D eigenvalue weighted by Gasteiger charge is 2.12. The number of rotatable bonds is 4. The van der Waals surface area contributed by atoms with E-state index < -0.39 is 17.7 Å². The third kappa shape index (κ3) is 2.73. The Balaban J connectivity index is 2.01. The summed E-state index contributed by atoms with van der Waals surface area (Å²) in [6.45, 7) is 0. The van der Waals surface area contributed by atoms with Gasteiger partial charge in [0.25, 0.3) is 0 Å². The summed E-state index contributed by atoms with van der Waals surface area (Å²) in [5, 5.41) is 9.90. The largest absolute Gasteiger partial charge is 0.388 e. The molecule has 0 aliphatic carbocycles. The number of aryl methyl sites for hydroxylation is 2. The number of hydrogen-bond acceptors (Lipinski definition) is 2. The van der Waals surface area contributed by atoms with E-state index in [1.165, 1.54) is 6.07 Å². The number of imidazole rings is 1. The Hall–Kier alpha value is -1.75. The number of benzene rings is 1. The predicted octanol–water partition coefficient (Wildman–Crippen LogP) is 2.36. The molecule has 0 saturated heterocycles. The molecular formula is C13H14F2N2O. The zero-order chi connectivity index (χ0) is 13.1. The van der Waals surface area contributed by atoms with Crippen LogP contribution in [0.4, 0.5) is 8.78 Å². The maximum absolute atomic E-state index is 13.0. The Kier molecular flexibility index (Phi) is 3.72. The Morgan fingerprint density at radius 2 is 2.11 bits per heavy atom. The molecule has 1 heterocycles. The number of aliphatic hydroxyl groups is 1. The van der Waals surface area contributed by atoms with Crippen LogP contribution in [0.3, 0.4) is 0 Å². The summed E-state index contributed by atoms with van der Waals surface area (Å²) in [6, 6.07) is 3.44. The van der Waals surface area contributed by atoms with Crippen molar-refractivity contribution in [2.45, 2.75) is 18.9 Å². The van der Waals surface area contributed by atoms with Gasteiger partial charge in [-0.15, -0.1) is 0 Å².